The van der Waals surface area contributed by atoms with Crippen LogP contribution in [0.4, 0.5) is 13.2 Å². The van der Waals surface area contributed by atoms with Crippen molar-refractivity contribution in [3.8, 4) is 0 Å². The van der Waals surface area contributed by atoms with E-state index < -0.39 is 12.1 Å². The minimum atomic E-state index is -4.74. The predicted octanol–water partition coefficient (Wildman–Crippen LogP) is 2.25. The van der Waals surface area contributed by atoms with Gasteiger partial charge >= 0.3 is 12.1 Å². The average Bonchev–Trinajstić information content (AvgIpc) is 2.55. The van der Waals surface area contributed by atoms with E-state index in [9.17, 15) is 18.0 Å². The third kappa shape index (κ3) is 3.55. The lowest BCUT2D eigenvalue weighted by Gasteiger charge is -2.10. The van der Waals surface area contributed by atoms with Gasteiger partial charge in [0.25, 0.3) is 0 Å². The molecule has 0 spiro atoms. The van der Waals surface area contributed by atoms with Crippen LogP contribution in [0, 0.1) is 5.92 Å². The van der Waals surface area contributed by atoms with Crippen LogP contribution in [-0.4, -0.2) is 18.6 Å². The normalized spacial score (nSPS) is 18.5. The summed E-state index contributed by atoms with van der Waals surface area (Å²) in [7, 11) is 0. The van der Waals surface area contributed by atoms with E-state index in [-0.39, 0.29) is 6.54 Å². The fourth-order valence-corrected chi connectivity index (χ4v) is 1.79. The molecule has 82 valence electrons. The SMILES string of the molecule is O=C(NCCC1CCCC1)C(F)(F)F. The predicted molar refractivity (Wildman–Crippen MR) is 45.6 cm³/mol. The minimum Gasteiger partial charge on any atom is -0.348 e. The summed E-state index contributed by atoms with van der Waals surface area (Å²) in [5.41, 5.74) is 0. The quantitative estimate of drug-likeness (QED) is 0.758. The fraction of sp³-hybridized carbons (Fsp3) is 0.889. The van der Waals surface area contributed by atoms with Crippen molar-refractivity contribution in [2.45, 2.75) is 38.3 Å². The number of carbonyl (C=O) groups excluding carboxylic acids is 1. The number of hydrogen-bond donors (Lipinski definition) is 1. The molecule has 1 saturated carbocycles. The number of rotatable bonds is 3. The zero-order valence-electron chi connectivity index (χ0n) is 7.86. The Kier molecular flexibility index (Phi) is 3.77. The van der Waals surface area contributed by atoms with Gasteiger partial charge < -0.3 is 5.32 Å². The molecule has 14 heavy (non-hydrogen) atoms. The van der Waals surface area contributed by atoms with Crippen molar-refractivity contribution in [2.75, 3.05) is 6.54 Å². The van der Waals surface area contributed by atoms with Gasteiger partial charge in [-0.05, 0) is 12.3 Å². The maximum Gasteiger partial charge on any atom is 0.471 e. The molecule has 0 aromatic carbocycles. The van der Waals surface area contributed by atoms with Crippen LogP contribution in [0.25, 0.3) is 0 Å². The van der Waals surface area contributed by atoms with Crippen LogP contribution in [0.3, 0.4) is 0 Å². The molecule has 0 aliphatic heterocycles. The summed E-state index contributed by atoms with van der Waals surface area (Å²) in [4.78, 5) is 10.4. The van der Waals surface area contributed by atoms with E-state index in [4.69, 9.17) is 0 Å². The molecule has 0 aromatic rings. The lowest BCUT2D eigenvalue weighted by atomic mass is 10.0. The van der Waals surface area contributed by atoms with Gasteiger partial charge in [0.05, 0.1) is 0 Å². The lowest BCUT2D eigenvalue weighted by molar-refractivity contribution is -0.173. The topological polar surface area (TPSA) is 29.1 Å². The Bertz CT molecular complexity index is 197. The summed E-state index contributed by atoms with van der Waals surface area (Å²) in [6.45, 7) is 0.142. The highest BCUT2D eigenvalue weighted by Crippen LogP contribution is 2.27. The molecule has 0 heterocycles. The van der Waals surface area contributed by atoms with Crippen LogP contribution < -0.4 is 5.32 Å². The van der Waals surface area contributed by atoms with Crippen molar-refractivity contribution in [2.24, 2.45) is 5.92 Å². The summed E-state index contributed by atoms with van der Waals surface area (Å²) in [6.07, 6.45) is 0.428. The van der Waals surface area contributed by atoms with E-state index in [0.717, 1.165) is 25.7 Å². The lowest BCUT2D eigenvalue weighted by Crippen LogP contribution is -2.37. The summed E-state index contributed by atoms with van der Waals surface area (Å²) < 4.78 is 35.2. The molecular formula is C9H14F3NO. The molecule has 0 unspecified atom stereocenters. The van der Waals surface area contributed by atoms with Gasteiger partial charge in [-0.15, -0.1) is 0 Å². The number of nitrogens with one attached hydrogen (secondary N) is 1. The third-order valence-electron chi connectivity index (χ3n) is 2.57. The Labute approximate surface area is 80.9 Å². The first kappa shape index (κ1) is 11.3. The van der Waals surface area contributed by atoms with Gasteiger partial charge in [0, 0.05) is 6.54 Å². The first-order valence-electron chi connectivity index (χ1n) is 4.85. The first-order chi connectivity index (χ1) is 6.50. The molecular weight excluding hydrogens is 195 g/mol. The second kappa shape index (κ2) is 4.66. The molecule has 1 N–H and O–H groups in total. The molecule has 5 heteroatoms. The Hall–Kier alpha value is -0.740. The van der Waals surface area contributed by atoms with Gasteiger partial charge in [0.1, 0.15) is 0 Å². The average molecular weight is 209 g/mol. The summed E-state index contributed by atoms with van der Waals surface area (Å²) >= 11 is 0. The Morgan fingerprint density at radius 2 is 1.86 bits per heavy atom. The highest BCUT2D eigenvalue weighted by atomic mass is 19.4. The van der Waals surface area contributed by atoms with Gasteiger partial charge in [0.2, 0.25) is 0 Å². The van der Waals surface area contributed by atoms with E-state index in [1.165, 1.54) is 0 Å². The minimum absolute atomic E-state index is 0.142. The molecule has 0 bridgehead atoms. The number of amides is 1. The van der Waals surface area contributed by atoms with Crippen LogP contribution in [-0.2, 0) is 4.79 Å². The maximum atomic E-state index is 11.7. The first-order valence-corrected chi connectivity index (χ1v) is 4.85. The Morgan fingerprint density at radius 1 is 1.29 bits per heavy atom. The zero-order valence-corrected chi connectivity index (χ0v) is 7.86. The van der Waals surface area contributed by atoms with Gasteiger partial charge in [-0.3, -0.25) is 4.79 Å². The zero-order chi connectivity index (χ0) is 10.6. The summed E-state index contributed by atoms with van der Waals surface area (Å²) in [5.74, 6) is -1.32. The van der Waals surface area contributed by atoms with Crippen molar-refractivity contribution < 1.29 is 18.0 Å². The molecule has 1 aliphatic carbocycles. The molecule has 0 aromatic heterocycles. The molecule has 1 fully saturated rings. The third-order valence-corrected chi connectivity index (χ3v) is 2.57. The molecule has 0 atom stereocenters. The molecule has 1 rings (SSSR count). The van der Waals surface area contributed by atoms with Gasteiger partial charge in [-0.2, -0.15) is 13.2 Å². The standard InChI is InChI=1S/C9H14F3NO/c10-9(11,12)8(14)13-6-5-7-3-1-2-4-7/h7H,1-6H2,(H,13,14). The van der Waals surface area contributed by atoms with Crippen LogP contribution in [0.2, 0.25) is 0 Å². The number of carbonyl (C=O) groups is 1. The number of halogens is 3. The van der Waals surface area contributed by atoms with E-state index in [1.54, 1.807) is 0 Å². The van der Waals surface area contributed by atoms with E-state index >= 15 is 0 Å². The van der Waals surface area contributed by atoms with E-state index in [2.05, 4.69) is 0 Å². The smallest absolute Gasteiger partial charge is 0.348 e. The van der Waals surface area contributed by atoms with Crippen molar-refractivity contribution in [3.05, 3.63) is 0 Å². The van der Waals surface area contributed by atoms with Gasteiger partial charge in [0.15, 0.2) is 0 Å². The van der Waals surface area contributed by atoms with Crippen molar-refractivity contribution in [3.63, 3.8) is 0 Å². The summed E-state index contributed by atoms with van der Waals surface area (Å²) in [5, 5.41) is 1.89. The highest BCUT2D eigenvalue weighted by Gasteiger charge is 2.38. The second-order valence-corrected chi connectivity index (χ2v) is 3.69. The van der Waals surface area contributed by atoms with Crippen molar-refractivity contribution in [1.29, 1.82) is 0 Å². The summed E-state index contributed by atoms with van der Waals surface area (Å²) in [6, 6.07) is 0. The van der Waals surface area contributed by atoms with Crippen molar-refractivity contribution >= 4 is 5.91 Å². The molecule has 2 nitrogen and oxygen atoms in total. The molecule has 1 aliphatic rings. The number of hydrogen-bond acceptors (Lipinski definition) is 1. The number of alkyl halides is 3. The second-order valence-electron chi connectivity index (χ2n) is 3.69. The maximum absolute atomic E-state index is 11.7. The van der Waals surface area contributed by atoms with Gasteiger partial charge in [-0.1, -0.05) is 25.7 Å². The van der Waals surface area contributed by atoms with Crippen molar-refractivity contribution in [1.82, 2.24) is 5.32 Å². The van der Waals surface area contributed by atoms with E-state index in [1.807, 2.05) is 5.32 Å². The monoisotopic (exact) mass is 209 g/mol. The largest absolute Gasteiger partial charge is 0.471 e. The molecule has 0 saturated heterocycles. The van der Waals surface area contributed by atoms with E-state index in [0.29, 0.717) is 12.3 Å². The Morgan fingerprint density at radius 3 is 2.36 bits per heavy atom. The molecule has 1 amide bonds. The highest BCUT2D eigenvalue weighted by molar-refractivity contribution is 5.81. The Balaban J connectivity index is 2.11. The molecule has 0 radical (unpaired) electrons. The van der Waals surface area contributed by atoms with Gasteiger partial charge in [-0.25, -0.2) is 0 Å². The fourth-order valence-electron chi connectivity index (χ4n) is 1.79. The van der Waals surface area contributed by atoms with Crippen LogP contribution in [0.1, 0.15) is 32.1 Å². The van der Waals surface area contributed by atoms with Crippen LogP contribution in [0.5, 0.6) is 0 Å². The van der Waals surface area contributed by atoms with Crippen LogP contribution >= 0.6 is 0 Å². The van der Waals surface area contributed by atoms with Crippen LogP contribution in [0.15, 0.2) is 0 Å².